The molecule has 0 aliphatic heterocycles. The second kappa shape index (κ2) is 8.87. The Morgan fingerprint density at radius 3 is 1.89 bits per heavy atom. The Bertz CT molecular complexity index is 335. The lowest BCUT2D eigenvalue weighted by molar-refractivity contribution is 0.396. The summed E-state index contributed by atoms with van der Waals surface area (Å²) in [4.78, 5) is 0. The molecular formula is C14H24BNO2. The van der Waals surface area contributed by atoms with Crippen molar-refractivity contribution in [3.8, 4) is 11.5 Å². The predicted molar refractivity (Wildman–Crippen MR) is 78.3 cm³/mol. The lowest BCUT2D eigenvalue weighted by Gasteiger charge is -2.10. The Kier molecular flexibility index (Phi) is 8.30. The van der Waals surface area contributed by atoms with Crippen LogP contribution in [-0.2, 0) is 0 Å². The summed E-state index contributed by atoms with van der Waals surface area (Å²) in [6, 6.07) is 6.53. The van der Waals surface area contributed by atoms with Gasteiger partial charge in [0, 0.05) is 18.2 Å². The average Bonchev–Trinajstić information content (AvgIpc) is 2.28. The third-order valence-corrected chi connectivity index (χ3v) is 2.11. The maximum Gasteiger partial charge on any atom is 0.122 e. The number of hydrogen-bond acceptors (Lipinski definition) is 3. The monoisotopic (exact) mass is 249 g/mol. The van der Waals surface area contributed by atoms with Gasteiger partial charge in [-0.1, -0.05) is 39.2 Å². The third-order valence-electron chi connectivity index (χ3n) is 2.11. The van der Waals surface area contributed by atoms with Gasteiger partial charge in [0.25, 0.3) is 0 Å². The van der Waals surface area contributed by atoms with E-state index in [1.54, 1.807) is 32.4 Å². The molecule has 1 rings (SSSR count). The van der Waals surface area contributed by atoms with E-state index in [2.05, 4.69) is 33.0 Å². The minimum Gasteiger partial charge on any atom is -0.497 e. The van der Waals surface area contributed by atoms with Crippen molar-refractivity contribution in [2.45, 2.75) is 39.8 Å². The van der Waals surface area contributed by atoms with Crippen LogP contribution in [0, 0.1) is 0 Å². The highest BCUT2D eigenvalue weighted by molar-refractivity contribution is 6.34. The van der Waals surface area contributed by atoms with E-state index < -0.39 is 0 Å². The van der Waals surface area contributed by atoms with Crippen LogP contribution in [0.25, 0.3) is 0 Å². The van der Waals surface area contributed by atoms with Crippen molar-refractivity contribution in [2.75, 3.05) is 14.2 Å². The molecule has 0 bridgehead atoms. The fourth-order valence-electron chi connectivity index (χ4n) is 1.49. The highest BCUT2D eigenvalue weighted by Crippen LogP contribution is 2.15. The molecule has 0 saturated carbocycles. The molecule has 1 aromatic carbocycles. The molecule has 0 saturated heterocycles. The van der Waals surface area contributed by atoms with Gasteiger partial charge in [-0.25, -0.2) is 0 Å². The van der Waals surface area contributed by atoms with Crippen LogP contribution < -0.4 is 20.3 Å². The molecule has 0 fully saturated rings. The molecule has 0 heterocycles. The van der Waals surface area contributed by atoms with Gasteiger partial charge in [0.1, 0.15) is 19.3 Å². The van der Waals surface area contributed by atoms with Crippen molar-refractivity contribution in [1.29, 1.82) is 0 Å². The summed E-state index contributed by atoms with van der Waals surface area (Å²) in [5, 5.41) is 3.31. The van der Waals surface area contributed by atoms with E-state index in [9.17, 15) is 0 Å². The van der Waals surface area contributed by atoms with Crippen LogP contribution in [-0.4, -0.2) is 34.1 Å². The molecule has 0 spiro atoms. The molecule has 100 valence electrons. The number of ether oxygens (including phenoxy) is 2. The molecule has 0 atom stereocenters. The van der Waals surface area contributed by atoms with E-state index in [4.69, 9.17) is 17.3 Å². The minimum atomic E-state index is 0.619. The zero-order valence-electron chi connectivity index (χ0n) is 12.3. The lowest BCUT2D eigenvalue weighted by atomic mass is 9.95. The second-order valence-corrected chi connectivity index (χ2v) is 4.58. The topological polar surface area (TPSA) is 30.5 Å². The smallest absolute Gasteiger partial charge is 0.122 e. The first-order valence-electron chi connectivity index (χ1n) is 6.14. The van der Waals surface area contributed by atoms with Gasteiger partial charge >= 0.3 is 0 Å². The van der Waals surface area contributed by atoms with Crippen molar-refractivity contribution in [3.63, 3.8) is 0 Å². The van der Waals surface area contributed by atoms with Crippen LogP contribution in [0.15, 0.2) is 18.2 Å². The summed E-state index contributed by atoms with van der Waals surface area (Å²) >= 11 is 0. The van der Waals surface area contributed by atoms with Crippen molar-refractivity contribution < 1.29 is 9.47 Å². The molecule has 3 nitrogen and oxygen atoms in total. The Balaban J connectivity index is 0.000000360. The van der Waals surface area contributed by atoms with Crippen molar-refractivity contribution in [2.24, 2.45) is 0 Å². The van der Waals surface area contributed by atoms with Gasteiger partial charge in [-0.3, -0.25) is 0 Å². The fraction of sp³-hybridized carbons (Fsp3) is 0.571. The summed E-state index contributed by atoms with van der Waals surface area (Å²) in [7, 11) is 8.75. The van der Waals surface area contributed by atoms with Gasteiger partial charge in [-0.2, -0.15) is 0 Å². The quantitative estimate of drug-likeness (QED) is 0.826. The van der Waals surface area contributed by atoms with E-state index in [0.29, 0.717) is 23.3 Å². The zero-order valence-corrected chi connectivity index (χ0v) is 12.3. The highest BCUT2D eigenvalue weighted by atomic mass is 16.5. The SMILES string of the molecule is CC(C)NC(C)C.[B]c1ccc(OC)cc1OC. The van der Waals surface area contributed by atoms with Gasteiger partial charge in [-0.05, 0) is 6.07 Å². The van der Waals surface area contributed by atoms with Crippen LogP contribution in [0.4, 0.5) is 0 Å². The number of rotatable bonds is 4. The molecule has 0 aliphatic rings. The Morgan fingerprint density at radius 1 is 1.00 bits per heavy atom. The van der Waals surface area contributed by atoms with Crippen LogP contribution in [0.3, 0.4) is 0 Å². The number of nitrogens with one attached hydrogen (secondary N) is 1. The van der Waals surface area contributed by atoms with E-state index >= 15 is 0 Å². The number of benzene rings is 1. The normalized spacial score (nSPS) is 10.0. The van der Waals surface area contributed by atoms with Crippen molar-refractivity contribution in [3.05, 3.63) is 18.2 Å². The Hall–Kier alpha value is -1.16. The van der Waals surface area contributed by atoms with Crippen LogP contribution in [0.1, 0.15) is 27.7 Å². The zero-order chi connectivity index (χ0) is 14.1. The summed E-state index contributed by atoms with van der Waals surface area (Å²) in [6.07, 6.45) is 0. The van der Waals surface area contributed by atoms with Crippen molar-refractivity contribution in [1.82, 2.24) is 5.32 Å². The van der Waals surface area contributed by atoms with E-state index in [0.717, 1.165) is 5.75 Å². The molecular weight excluding hydrogens is 225 g/mol. The number of hydrogen-bond donors (Lipinski definition) is 1. The standard InChI is InChI=1S/C8H9BO2.C6H15N/c1-10-6-3-4-7(9)8(5-6)11-2;1-5(2)7-6(3)4/h3-5H,1-2H3;5-7H,1-4H3. The Morgan fingerprint density at radius 2 is 1.56 bits per heavy atom. The van der Waals surface area contributed by atoms with Gasteiger partial charge < -0.3 is 14.8 Å². The molecule has 1 aromatic rings. The molecule has 0 amide bonds. The first-order chi connectivity index (χ1) is 8.40. The van der Waals surface area contributed by atoms with Gasteiger partial charge in [0.05, 0.1) is 14.2 Å². The first-order valence-corrected chi connectivity index (χ1v) is 6.14. The van der Waals surface area contributed by atoms with Gasteiger partial charge in [-0.15, -0.1) is 0 Å². The summed E-state index contributed by atoms with van der Waals surface area (Å²) in [6.45, 7) is 8.61. The fourth-order valence-corrected chi connectivity index (χ4v) is 1.49. The van der Waals surface area contributed by atoms with Gasteiger partial charge in [0.15, 0.2) is 0 Å². The van der Waals surface area contributed by atoms with E-state index in [1.807, 2.05) is 0 Å². The van der Waals surface area contributed by atoms with Crippen LogP contribution in [0.5, 0.6) is 11.5 Å². The molecule has 2 radical (unpaired) electrons. The lowest BCUT2D eigenvalue weighted by Crippen LogP contribution is -2.29. The summed E-state index contributed by atoms with van der Waals surface area (Å²) in [5.74, 6) is 1.39. The maximum atomic E-state index is 5.57. The maximum absolute atomic E-state index is 5.57. The highest BCUT2D eigenvalue weighted by Gasteiger charge is 1.98. The molecule has 0 unspecified atom stereocenters. The van der Waals surface area contributed by atoms with E-state index in [1.165, 1.54) is 0 Å². The number of methoxy groups -OCH3 is 2. The minimum absolute atomic E-state index is 0.619. The Labute approximate surface area is 112 Å². The predicted octanol–water partition coefficient (Wildman–Crippen LogP) is 1.89. The molecule has 18 heavy (non-hydrogen) atoms. The largest absolute Gasteiger partial charge is 0.497 e. The molecule has 0 aromatic heterocycles. The van der Waals surface area contributed by atoms with Gasteiger partial charge in [0.2, 0.25) is 0 Å². The summed E-state index contributed by atoms with van der Waals surface area (Å²) < 4.78 is 9.96. The van der Waals surface area contributed by atoms with E-state index in [-0.39, 0.29) is 0 Å². The third kappa shape index (κ3) is 7.23. The van der Waals surface area contributed by atoms with Crippen LogP contribution in [0.2, 0.25) is 0 Å². The molecule has 1 N–H and O–H groups in total. The first kappa shape index (κ1) is 16.8. The van der Waals surface area contributed by atoms with Crippen molar-refractivity contribution >= 4 is 13.3 Å². The second-order valence-electron chi connectivity index (χ2n) is 4.58. The summed E-state index contributed by atoms with van der Waals surface area (Å²) in [5.41, 5.74) is 0.619. The molecule has 0 aliphatic carbocycles. The molecule has 4 heteroatoms. The average molecular weight is 249 g/mol. The van der Waals surface area contributed by atoms with Crippen LogP contribution >= 0.6 is 0 Å².